The van der Waals surface area contributed by atoms with Gasteiger partial charge < -0.3 is 10.0 Å². The lowest BCUT2D eigenvalue weighted by atomic mass is 10.1. The quantitative estimate of drug-likeness (QED) is 0.508. The summed E-state index contributed by atoms with van der Waals surface area (Å²) >= 11 is 1.79. The number of hydrogen-bond acceptors (Lipinski definition) is 3. The SMILES string of the molecule is C#CCN(C/C=C(\C)c1ccccc1SCC)C(=O)CCCC(=O)O. The molecule has 25 heavy (non-hydrogen) atoms. The molecule has 4 nitrogen and oxygen atoms in total. The van der Waals surface area contributed by atoms with Crippen molar-refractivity contribution in [3.63, 3.8) is 0 Å². The van der Waals surface area contributed by atoms with Crippen molar-refractivity contribution >= 4 is 29.2 Å². The molecule has 1 aromatic rings. The molecule has 0 aliphatic heterocycles. The summed E-state index contributed by atoms with van der Waals surface area (Å²) < 4.78 is 0. The lowest BCUT2D eigenvalue weighted by Crippen LogP contribution is -2.31. The zero-order valence-electron chi connectivity index (χ0n) is 14.8. The predicted octanol–water partition coefficient (Wildman–Crippen LogP) is 3.92. The van der Waals surface area contributed by atoms with Crippen LogP contribution in [0.5, 0.6) is 0 Å². The highest BCUT2D eigenvalue weighted by atomic mass is 32.2. The Hall–Kier alpha value is -2.19. The Morgan fingerprint density at radius 1 is 1.32 bits per heavy atom. The molecule has 0 spiro atoms. The molecule has 134 valence electrons. The minimum Gasteiger partial charge on any atom is -0.481 e. The normalized spacial score (nSPS) is 11.0. The van der Waals surface area contributed by atoms with Crippen LogP contribution in [-0.4, -0.2) is 40.7 Å². The average Bonchev–Trinajstić information content (AvgIpc) is 2.58. The smallest absolute Gasteiger partial charge is 0.303 e. The molecule has 0 saturated carbocycles. The number of benzene rings is 1. The Morgan fingerprint density at radius 3 is 2.68 bits per heavy atom. The van der Waals surface area contributed by atoms with Crippen molar-refractivity contribution in [1.29, 1.82) is 0 Å². The number of terminal acetylenes is 1. The molecule has 0 heterocycles. The van der Waals surface area contributed by atoms with Crippen molar-refractivity contribution in [3.8, 4) is 12.3 Å². The number of carboxylic acid groups (broad SMARTS) is 1. The molecule has 1 N–H and O–H groups in total. The highest BCUT2D eigenvalue weighted by Crippen LogP contribution is 2.27. The van der Waals surface area contributed by atoms with Crippen molar-refractivity contribution in [1.82, 2.24) is 4.90 Å². The Balaban J connectivity index is 2.78. The van der Waals surface area contributed by atoms with Crippen LogP contribution in [0.2, 0.25) is 0 Å². The van der Waals surface area contributed by atoms with Crippen molar-refractivity contribution < 1.29 is 14.7 Å². The van der Waals surface area contributed by atoms with Crippen molar-refractivity contribution in [3.05, 3.63) is 35.9 Å². The van der Waals surface area contributed by atoms with E-state index in [4.69, 9.17) is 11.5 Å². The fourth-order valence-corrected chi connectivity index (χ4v) is 3.21. The molecule has 0 saturated heterocycles. The topological polar surface area (TPSA) is 57.6 Å². The number of allylic oxidation sites excluding steroid dienone is 1. The number of amides is 1. The summed E-state index contributed by atoms with van der Waals surface area (Å²) in [6, 6.07) is 8.19. The van der Waals surface area contributed by atoms with Crippen LogP contribution in [0.25, 0.3) is 5.57 Å². The van der Waals surface area contributed by atoms with Gasteiger partial charge in [-0.3, -0.25) is 9.59 Å². The molecule has 0 aliphatic carbocycles. The van der Waals surface area contributed by atoms with E-state index in [1.807, 2.05) is 25.1 Å². The van der Waals surface area contributed by atoms with E-state index in [1.54, 1.807) is 16.7 Å². The van der Waals surface area contributed by atoms with Crippen LogP contribution in [-0.2, 0) is 9.59 Å². The number of carbonyl (C=O) groups is 2. The van der Waals surface area contributed by atoms with Gasteiger partial charge in [-0.25, -0.2) is 0 Å². The van der Waals surface area contributed by atoms with E-state index in [0.717, 1.165) is 16.9 Å². The summed E-state index contributed by atoms with van der Waals surface area (Å²) in [6.07, 6.45) is 7.88. The number of nitrogens with zero attached hydrogens (tertiary/aromatic N) is 1. The van der Waals surface area contributed by atoms with Gasteiger partial charge in [-0.05, 0) is 36.3 Å². The molecule has 0 fully saturated rings. The average molecular weight is 359 g/mol. The molecule has 1 amide bonds. The van der Waals surface area contributed by atoms with Gasteiger partial charge in [-0.15, -0.1) is 18.2 Å². The van der Waals surface area contributed by atoms with E-state index >= 15 is 0 Å². The van der Waals surface area contributed by atoms with E-state index in [-0.39, 0.29) is 25.3 Å². The van der Waals surface area contributed by atoms with Crippen LogP contribution >= 0.6 is 11.8 Å². The summed E-state index contributed by atoms with van der Waals surface area (Å²) in [7, 11) is 0. The third kappa shape index (κ3) is 7.49. The van der Waals surface area contributed by atoms with Gasteiger partial charge in [0, 0.05) is 24.3 Å². The van der Waals surface area contributed by atoms with Gasteiger partial charge in [0.15, 0.2) is 0 Å². The third-order valence-electron chi connectivity index (χ3n) is 3.65. The monoisotopic (exact) mass is 359 g/mol. The maximum Gasteiger partial charge on any atom is 0.303 e. The Bertz CT molecular complexity index is 661. The van der Waals surface area contributed by atoms with Crippen LogP contribution < -0.4 is 0 Å². The van der Waals surface area contributed by atoms with Gasteiger partial charge in [0.1, 0.15) is 0 Å². The van der Waals surface area contributed by atoms with Crippen LogP contribution in [0, 0.1) is 12.3 Å². The number of thioether (sulfide) groups is 1. The van der Waals surface area contributed by atoms with Crippen LogP contribution in [0.1, 0.15) is 38.7 Å². The standard InChI is InChI=1S/C20H25NO3S/c1-4-14-21(19(22)11-8-12-20(23)24)15-13-16(3)17-9-6-7-10-18(17)25-5-2/h1,6-7,9-10,13H,5,8,11-12,14-15H2,2-3H3,(H,23,24)/b16-13+. The summed E-state index contributed by atoms with van der Waals surface area (Å²) in [4.78, 5) is 25.6. The van der Waals surface area contributed by atoms with Gasteiger partial charge in [0.05, 0.1) is 6.54 Å². The second-order valence-corrected chi connectivity index (χ2v) is 6.85. The minimum atomic E-state index is -0.892. The Kier molecular flexibility index (Phi) is 9.49. The maximum atomic E-state index is 12.2. The predicted molar refractivity (Wildman–Crippen MR) is 103 cm³/mol. The largest absolute Gasteiger partial charge is 0.481 e. The molecule has 0 aromatic heterocycles. The zero-order valence-corrected chi connectivity index (χ0v) is 15.6. The van der Waals surface area contributed by atoms with Gasteiger partial charge in [-0.1, -0.05) is 37.1 Å². The second-order valence-electron chi connectivity index (χ2n) is 5.54. The Morgan fingerprint density at radius 2 is 2.04 bits per heavy atom. The molecule has 0 aliphatic rings. The first-order chi connectivity index (χ1) is 12.0. The fourth-order valence-electron chi connectivity index (χ4n) is 2.34. The first-order valence-electron chi connectivity index (χ1n) is 8.31. The number of rotatable bonds is 10. The lowest BCUT2D eigenvalue weighted by Gasteiger charge is -2.19. The first kappa shape index (κ1) is 20.9. The fraction of sp³-hybridized carbons (Fsp3) is 0.400. The molecular weight excluding hydrogens is 334 g/mol. The van der Waals surface area contributed by atoms with Crippen molar-refractivity contribution in [2.24, 2.45) is 0 Å². The van der Waals surface area contributed by atoms with E-state index < -0.39 is 5.97 Å². The summed E-state index contributed by atoms with van der Waals surface area (Å²) in [5, 5.41) is 8.67. The van der Waals surface area contributed by atoms with E-state index in [0.29, 0.717) is 13.0 Å². The van der Waals surface area contributed by atoms with E-state index in [9.17, 15) is 9.59 Å². The first-order valence-corrected chi connectivity index (χ1v) is 9.30. The van der Waals surface area contributed by atoms with Gasteiger partial charge in [0.2, 0.25) is 5.91 Å². The maximum absolute atomic E-state index is 12.2. The molecule has 0 unspecified atom stereocenters. The second kappa shape index (κ2) is 11.4. The number of carboxylic acids is 1. The minimum absolute atomic E-state index is 0.00782. The lowest BCUT2D eigenvalue weighted by molar-refractivity contribution is -0.137. The van der Waals surface area contributed by atoms with E-state index in [2.05, 4.69) is 25.0 Å². The van der Waals surface area contributed by atoms with Gasteiger partial charge in [0.25, 0.3) is 0 Å². The third-order valence-corrected chi connectivity index (χ3v) is 4.60. The highest BCUT2D eigenvalue weighted by Gasteiger charge is 2.12. The molecule has 5 heteroatoms. The van der Waals surface area contributed by atoms with E-state index in [1.165, 1.54) is 4.90 Å². The van der Waals surface area contributed by atoms with Gasteiger partial charge >= 0.3 is 5.97 Å². The van der Waals surface area contributed by atoms with Gasteiger partial charge in [-0.2, -0.15) is 0 Å². The molecule has 1 aromatic carbocycles. The van der Waals surface area contributed by atoms with Crippen molar-refractivity contribution in [2.75, 3.05) is 18.8 Å². The van der Waals surface area contributed by atoms with Crippen molar-refractivity contribution in [2.45, 2.75) is 38.0 Å². The molecule has 0 radical (unpaired) electrons. The van der Waals surface area contributed by atoms with Crippen LogP contribution in [0.3, 0.4) is 0 Å². The highest BCUT2D eigenvalue weighted by molar-refractivity contribution is 7.99. The molecular formula is C20H25NO3S. The molecule has 1 rings (SSSR count). The number of carbonyl (C=O) groups excluding carboxylic acids is 1. The summed E-state index contributed by atoms with van der Waals surface area (Å²) in [6.45, 7) is 4.79. The van der Waals surface area contributed by atoms with Crippen LogP contribution in [0.4, 0.5) is 0 Å². The number of aliphatic carboxylic acids is 1. The summed E-state index contributed by atoms with van der Waals surface area (Å²) in [5.41, 5.74) is 2.25. The summed E-state index contributed by atoms with van der Waals surface area (Å²) in [5.74, 6) is 2.49. The Labute approximate surface area is 154 Å². The zero-order chi connectivity index (χ0) is 18.7. The van der Waals surface area contributed by atoms with Crippen LogP contribution in [0.15, 0.2) is 35.2 Å². The molecule has 0 bridgehead atoms. The number of hydrogen-bond donors (Lipinski definition) is 1. The molecule has 0 atom stereocenters.